The summed E-state index contributed by atoms with van der Waals surface area (Å²) in [6, 6.07) is 15.0. The molecule has 0 aliphatic heterocycles. The SMILES string of the molecule is Cc1cc(C)n(CC(=O)NNC(=O)c2cc(-c3cccs3)nc3ccccc23)n1. The smallest absolute Gasteiger partial charge is 0.270 e. The molecule has 0 unspecified atom stereocenters. The second-order valence-corrected chi connectivity index (χ2v) is 7.58. The highest BCUT2D eigenvalue weighted by Gasteiger charge is 2.15. The lowest BCUT2D eigenvalue weighted by Crippen LogP contribution is -2.43. The van der Waals surface area contributed by atoms with Crippen LogP contribution in [0.5, 0.6) is 0 Å². The topological polar surface area (TPSA) is 88.9 Å². The average molecular weight is 405 g/mol. The van der Waals surface area contributed by atoms with Crippen LogP contribution in [0.15, 0.2) is 53.9 Å². The van der Waals surface area contributed by atoms with Crippen molar-refractivity contribution in [1.82, 2.24) is 25.6 Å². The first-order chi connectivity index (χ1) is 14.0. The standard InChI is InChI=1S/C21H19N5O2S/c1-13-10-14(2)26(25-13)12-20(27)23-24-21(28)16-11-18(19-8-5-9-29-19)22-17-7-4-3-6-15(16)17/h3-11H,12H2,1-2H3,(H,23,27)(H,24,28). The fourth-order valence-electron chi connectivity index (χ4n) is 3.12. The molecule has 1 aromatic carbocycles. The van der Waals surface area contributed by atoms with Crippen LogP contribution in [0, 0.1) is 13.8 Å². The maximum Gasteiger partial charge on any atom is 0.270 e. The lowest BCUT2D eigenvalue weighted by molar-refractivity contribution is -0.122. The van der Waals surface area contributed by atoms with Gasteiger partial charge in [-0.2, -0.15) is 5.10 Å². The van der Waals surface area contributed by atoms with Crippen molar-refractivity contribution in [3.8, 4) is 10.6 Å². The van der Waals surface area contributed by atoms with Crippen LogP contribution >= 0.6 is 11.3 Å². The van der Waals surface area contributed by atoms with Crippen molar-refractivity contribution in [2.75, 3.05) is 0 Å². The van der Waals surface area contributed by atoms with Crippen LogP contribution in [0.25, 0.3) is 21.5 Å². The number of carbonyl (C=O) groups is 2. The van der Waals surface area contributed by atoms with Gasteiger partial charge in [0.2, 0.25) is 0 Å². The minimum absolute atomic E-state index is 0.0253. The fourth-order valence-corrected chi connectivity index (χ4v) is 3.80. The van der Waals surface area contributed by atoms with E-state index in [0.717, 1.165) is 32.9 Å². The molecule has 7 nitrogen and oxygen atoms in total. The molecule has 3 aromatic heterocycles. The van der Waals surface area contributed by atoms with Crippen molar-refractivity contribution in [3.05, 3.63) is 70.9 Å². The number of aryl methyl sites for hydroxylation is 2. The lowest BCUT2D eigenvalue weighted by atomic mass is 10.1. The molecule has 4 aromatic rings. The zero-order valence-corrected chi connectivity index (χ0v) is 16.8. The number of rotatable bonds is 4. The van der Waals surface area contributed by atoms with Gasteiger partial charge < -0.3 is 0 Å². The minimum Gasteiger partial charge on any atom is -0.271 e. The zero-order chi connectivity index (χ0) is 20.4. The number of pyridine rings is 1. The molecule has 0 spiro atoms. The summed E-state index contributed by atoms with van der Waals surface area (Å²) in [5.41, 5.74) is 8.58. The molecule has 29 heavy (non-hydrogen) atoms. The van der Waals surface area contributed by atoms with Crippen molar-refractivity contribution < 1.29 is 9.59 Å². The third kappa shape index (κ3) is 4.02. The van der Waals surface area contributed by atoms with Gasteiger partial charge in [-0.15, -0.1) is 11.3 Å². The maximum absolute atomic E-state index is 12.8. The number of aromatic nitrogens is 3. The highest BCUT2D eigenvalue weighted by Crippen LogP contribution is 2.27. The molecule has 0 aliphatic carbocycles. The van der Waals surface area contributed by atoms with E-state index >= 15 is 0 Å². The van der Waals surface area contributed by atoms with Gasteiger partial charge in [-0.1, -0.05) is 24.3 Å². The van der Waals surface area contributed by atoms with Crippen LogP contribution in [-0.4, -0.2) is 26.6 Å². The Balaban J connectivity index is 1.55. The van der Waals surface area contributed by atoms with E-state index in [1.807, 2.05) is 61.7 Å². The Morgan fingerprint density at radius 1 is 1.07 bits per heavy atom. The van der Waals surface area contributed by atoms with Crippen molar-refractivity contribution >= 4 is 34.1 Å². The highest BCUT2D eigenvalue weighted by molar-refractivity contribution is 7.13. The summed E-state index contributed by atoms with van der Waals surface area (Å²) in [4.78, 5) is 30.7. The molecule has 0 fully saturated rings. The number of thiophene rings is 1. The van der Waals surface area contributed by atoms with Crippen LogP contribution in [0.1, 0.15) is 21.7 Å². The van der Waals surface area contributed by atoms with Gasteiger partial charge >= 0.3 is 0 Å². The monoisotopic (exact) mass is 405 g/mol. The Morgan fingerprint density at radius 3 is 2.62 bits per heavy atom. The van der Waals surface area contributed by atoms with Crippen molar-refractivity contribution in [3.63, 3.8) is 0 Å². The first-order valence-corrected chi connectivity index (χ1v) is 9.93. The number of hydrogen-bond donors (Lipinski definition) is 2. The molecule has 0 saturated carbocycles. The van der Waals surface area contributed by atoms with E-state index in [4.69, 9.17) is 0 Å². The molecule has 0 radical (unpaired) electrons. The van der Waals surface area contributed by atoms with Crippen molar-refractivity contribution in [2.24, 2.45) is 0 Å². The number of benzene rings is 1. The number of carbonyl (C=O) groups excluding carboxylic acids is 2. The Morgan fingerprint density at radius 2 is 1.90 bits per heavy atom. The van der Waals surface area contributed by atoms with Crippen LogP contribution in [-0.2, 0) is 11.3 Å². The molecular formula is C21H19N5O2S. The normalized spacial score (nSPS) is 10.8. The molecule has 0 bridgehead atoms. The number of para-hydroxylation sites is 1. The number of nitrogens with zero attached hydrogens (tertiary/aromatic N) is 3. The quantitative estimate of drug-likeness (QED) is 0.510. The largest absolute Gasteiger partial charge is 0.271 e. The number of fused-ring (bicyclic) bond motifs is 1. The zero-order valence-electron chi connectivity index (χ0n) is 16.0. The summed E-state index contributed by atoms with van der Waals surface area (Å²) in [5, 5.41) is 6.94. The third-order valence-electron chi connectivity index (χ3n) is 4.45. The molecule has 146 valence electrons. The van der Waals surface area contributed by atoms with Gasteiger partial charge in [-0.3, -0.25) is 25.1 Å². The predicted octanol–water partition coefficient (Wildman–Crippen LogP) is 3.24. The molecule has 2 amide bonds. The molecule has 0 atom stereocenters. The number of hydrazine groups is 1. The van der Waals surface area contributed by atoms with Crippen LogP contribution in [0.3, 0.4) is 0 Å². The van der Waals surface area contributed by atoms with E-state index in [2.05, 4.69) is 20.9 Å². The maximum atomic E-state index is 12.8. The molecule has 4 rings (SSSR count). The van der Waals surface area contributed by atoms with E-state index in [-0.39, 0.29) is 12.5 Å². The number of nitrogens with one attached hydrogen (secondary N) is 2. The summed E-state index contributed by atoms with van der Waals surface area (Å²) < 4.78 is 1.59. The summed E-state index contributed by atoms with van der Waals surface area (Å²) in [5.74, 6) is -0.760. The summed E-state index contributed by atoms with van der Waals surface area (Å²) in [7, 11) is 0. The summed E-state index contributed by atoms with van der Waals surface area (Å²) in [6.45, 7) is 3.77. The van der Waals surface area contributed by atoms with E-state index in [1.54, 1.807) is 22.1 Å². The average Bonchev–Trinajstić information content (AvgIpc) is 3.35. The predicted molar refractivity (Wildman–Crippen MR) is 112 cm³/mol. The van der Waals surface area contributed by atoms with Gasteiger partial charge in [0.05, 0.1) is 27.3 Å². The van der Waals surface area contributed by atoms with E-state index < -0.39 is 5.91 Å². The third-order valence-corrected chi connectivity index (χ3v) is 5.34. The van der Waals surface area contributed by atoms with Crippen molar-refractivity contribution in [1.29, 1.82) is 0 Å². The lowest BCUT2D eigenvalue weighted by Gasteiger charge is -2.11. The molecule has 3 heterocycles. The van der Waals surface area contributed by atoms with E-state index in [9.17, 15) is 9.59 Å². The van der Waals surface area contributed by atoms with Gasteiger partial charge in [0.25, 0.3) is 11.8 Å². The first kappa shape index (κ1) is 18.8. The first-order valence-electron chi connectivity index (χ1n) is 9.05. The second-order valence-electron chi connectivity index (χ2n) is 6.64. The molecule has 2 N–H and O–H groups in total. The Bertz CT molecular complexity index is 1200. The van der Waals surface area contributed by atoms with Crippen LogP contribution in [0.4, 0.5) is 0 Å². The Kier molecular flexibility index (Phi) is 5.09. The number of hydrogen-bond acceptors (Lipinski definition) is 5. The van der Waals surface area contributed by atoms with Crippen LogP contribution < -0.4 is 10.9 Å². The van der Waals surface area contributed by atoms with E-state index in [0.29, 0.717) is 5.56 Å². The fraction of sp³-hybridized carbons (Fsp3) is 0.143. The summed E-state index contributed by atoms with van der Waals surface area (Å²) in [6.07, 6.45) is 0. The summed E-state index contributed by atoms with van der Waals surface area (Å²) >= 11 is 1.55. The molecule has 8 heteroatoms. The van der Waals surface area contributed by atoms with Crippen LogP contribution in [0.2, 0.25) is 0 Å². The number of amides is 2. The molecular weight excluding hydrogens is 386 g/mol. The van der Waals surface area contributed by atoms with Gasteiger partial charge in [-0.05, 0) is 43.5 Å². The van der Waals surface area contributed by atoms with Gasteiger partial charge in [0, 0.05) is 11.1 Å². The van der Waals surface area contributed by atoms with Gasteiger partial charge in [0.15, 0.2) is 0 Å². The molecule has 0 aliphatic rings. The van der Waals surface area contributed by atoms with Crippen molar-refractivity contribution in [2.45, 2.75) is 20.4 Å². The second kappa shape index (κ2) is 7.84. The Labute approximate surface area is 171 Å². The Hall–Kier alpha value is -3.52. The molecule has 0 saturated heterocycles. The minimum atomic E-state index is -0.400. The highest BCUT2D eigenvalue weighted by atomic mass is 32.1. The van der Waals surface area contributed by atoms with Gasteiger partial charge in [-0.25, -0.2) is 4.98 Å². The van der Waals surface area contributed by atoms with E-state index in [1.165, 1.54) is 0 Å². The van der Waals surface area contributed by atoms with Gasteiger partial charge in [0.1, 0.15) is 6.54 Å².